The van der Waals surface area contributed by atoms with Gasteiger partial charge in [0.15, 0.2) is 0 Å². The summed E-state index contributed by atoms with van der Waals surface area (Å²) in [6, 6.07) is 9.20. The molecule has 124 valence electrons. The van der Waals surface area contributed by atoms with Crippen molar-refractivity contribution in [1.82, 2.24) is 0 Å². The van der Waals surface area contributed by atoms with Crippen LogP contribution < -0.4 is 16.4 Å². The van der Waals surface area contributed by atoms with E-state index in [1.807, 2.05) is 0 Å². The smallest absolute Gasteiger partial charge is 0.306 e. The lowest BCUT2D eigenvalue weighted by Gasteiger charge is -2.08. The fourth-order valence-electron chi connectivity index (χ4n) is 1.87. The van der Waals surface area contributed by atoms with E-state index in [4.69, 9.17) is 5.73 Å². The number of carbonyl (C=O) groups excluding carboxylic acids is 2. The van der Waals surface area contributed by atoms with Crippen molar-refractivity contribution < 1.29 is 18.9 Å². The molecule has 0 spiro atoms. The predicted molar refractivity (Wildman–Crippen MR) is 85.1 cm³/mol. The van der Waals surface area contributed by atoms with Gasteiger partial charge in [-0.05, 0) is 36.4 Å². The van der Waals surface area contributed by atoms with Crippen molar-refractivity contribution in [3.63, 3.8) is 0 Å². The van der Waals surface area contributed by atoms with E-state index in [0.717, 1.165) is 12.1 Å². The van der Waals surface area contributed by atoms with Gasteiger partial charge in [0, 0.05) is 23.0 Å². The van der Waals surface area contributed by atoms with Crippen LogP contribution in [-0.4, -0.2) is 23.3 Å². The number of primary amides is 1. The molecule has 0 heterocycles. The summed E-state index contributed by atoms with van der Waals surface area (Å²) in [7, 11) is 0. The number of nitro benzene ring substituents is 1. The lowest BCUT2D eigenvalue weighted by Crippen LogP contribution is -2.22. The molecule has 24 heavy (non-hydrogen) atoms. The van der Waals surface area contributed by atoms with Crippen molar-refractivity contribution in [3.05, 3.63) is 64.0 Å². The van der Waals surface area contributed by atoms with Crippen LogP contribution in [0.15, 0.2) is 42.5 Å². The molecule has 0 saturated heterocycles. The van der Waals surface area contributed by atoms with E-state index in [1.165, 1.54) is 30.3 Å². The van der Waals surface area contributed by atoms with Gasteiger partial charge in [0.25, 0.3) is 0 Å². The second kappa shape index (κ2) is 7.18. The second-order valence-electron chi connectivity index (χ2n) is 4.77. The molecule has 4 N–H and O–H groups in total. The van der Waals surface area contributed by atoms with Crippen LogP contribution in [0.25, 0.3) is 0 Å². The average molecular weight is 332 g/mol. The molecule has 2 amide bonds. The van der Waals surface area contributed by atoms with Crippen LogP contribution in [0.4, 0.5) is 21.5 Å². The Morgan fingerprint density at radius 3 is 2.33 bits per heavy atom. The summed E-state index contributed by atoms with van der Waals surface area (Å²) in [5.41, 5.74) is 5.44. The third kappa shape index (κ3) is 4.26. The molecule has 0 aliphatic rings. The Hall–Kier alpha value is -3.49. The molecule has 0 saturated carbocycles. The first kappa shape index (κ1) is 16.9. The molecule has 9 heteroatoms. The van der Waals surface area contributed by atoms with Gasteiger partial charge in [0.2, 0.25) is 17.6 Å². The van der Waals surface area contributed by atoms with Gasteiger partial charge < -0.3 is 16.4 Å². The highest BCUT2D eigenvalue weighted by atomic mass is 19.1. The van der Waals surface area contributed by atoms with Gasteiger partial charge in [-0.15, -0.1) is 0 Å². The topological polar surface area (TPSA) is 127 Å². The minimum absolute atomic E-state index is 0.180. The molecular weight excluding hydrogens is 319 g/mol. The molecule has 2 aromatic rings. The highest BCUT2D eigenvalue weighted by Crippen LogP contribution is 2.21. The largest absolute Gasteiger partial charge is 0.376 e. The number of nitro groups is 1. The normalized spacial score (nSPS) is 10.0. The van der Waals surface area contributed by atoms with Gasteiger partial charge in [-0.25, -0.2) is 0 Å². The number of halogens is 1. The molecular formula is C15H13FN4O4. The fourth-order valence-corrected chi connectivity index (χ4v) is 1.87. The highest BCUT2D eigenvalue weighted by molar-refractivity contribution is 5.96. The van der Waals surface area contributed by atoms with E-state index in [0.29, 0.717) is 11.3 Å². The summed E-state index contributed by atoms with van der Waals surface area (Å²) < 4.78 is 13.2. The number of nitrogens with zero attached hydrogens (tertiary/aromatic N) is 1. The predicted octanol–water partition coefficient (Wildman–Crippen LogP) is 1.88. The van der Waals surface area contributed by atoms with E-state index in [2.05, 4.69) is 10.6 Å². The van der Waals surface area contributed by atoms with E-state index in [9.17, 15) is 24.1 Å². The van der Waals surface area contributed by atoms with Gasteiger partial charge in [-0.2, -0.15) is 4.39 Å². The van der Waals surface area contributed by atoms with Crippen LogP contribution in [0.2, 0.25) is 0 Å². The van der Waals surface area contributed by atoms with Crippen LogP contribution in [0.3, 0.4) is 0 Å². The number of nitrogens with two attached hydrogens (primary N) is 1. The molecule has 0 aliphatic carbocycles. The fraction of sp³-hybridized carbons (Fsp3) is 0.0667. The van der Waals surface area contributed by atoms with Crippen molar-refractivity contribution in [2.45, 2.75) is 0 Å². The Kier molecular flexibility index (Phi) is 5.05. The first-order chi connectivity index (χ1) is 11.4. The van der Waals surface area contributed by atoms with E-state index in [-0.39, 0.29) is 12.2 Å². The molecule has 0 radical (unpaired) electrons. The van der Waals surface area contributed by atoms with Crippen molar-refractivity contribution in [1.29, 1.82) is 0 Å². The molecule has 8 nitrogen and oxygen atoms in total. The Bertz CT molecular complexity index is 793. The number of hydrogen-bond acceptors (Lipinski definition) is 5. The van der Waals surface area contributed by atoms with Crippen LogP contribution >= 0.6 is 0 Å². The summed E-state index contributed by atoms with van der Waals surface area (Å²) in [6.45, 7) is -0.180. The quantitative estimate of drug-likeness (QED) is 0.550. The summed E-state index contributed by atoms with van der Waals surface area (Å²) in [5.74, 6) is -1.95. The van der Waals surface area contributed by atoms with Gasteiger partial charge >= 0.3 is 5.69 Å². The number of nitrogens with one attached hydrogen (secondary N) is 2. The first-order valence-corrected chi connectivity index (χ1v) is 6.74. The summed E-state index contributed by atoms with van der Waals surface area (Å²) in [4.78, 5) is 32.6. The second-order valence-corrected chi connectivity index (χ2v) is 4.77. The minimum atomic E-state index is -0.954. The zero-order valence-corrected chi connectivity index (χ0v) is 12.3. The SMILES string of the molecule is NC(=O)c1ccc(NC(=O)CNc2ccc(F)c([N+](=O)[O-])c2)cc1. The Balaban J connectivity index is 1.94. The van der Waals surface area contributed by atoms with Crippen molar-refractivity contribution in [2.75, 3.05) is 17.2 Å². The third-order valence-corrected chi connectivity index (χ3v) is 3.05. The van der Waals surface area contributed by atoms with E-state index < -0.39 is 28.2 Å². The van der Waals surface area contributed by atoms with Gasteiger partial charge in [-0.1, -0.05) is 0 Å². The zero-order chi connectivity index (χ0) is 17.7. The molecule has 0 aromatic heterocycles. The van der Waals surface area contributed by atoms with Crippen LogP contribution in [-0.2, 0) is 4.79 Å². The number of amides is 2. The van der Waals surface area contributed by atoms with Crippen LogP contribution in [0, 0.1) is 15.9 Å². The molecule has 0 bridgehead atoms. The maximum atomic E-state index is 13.2. The van der Waals surface area contributed by atoms with Crippen molar-refractivity contribution in [3.8, 4) is 0 Å². The van der Waals surface area contributed by atoms with Gasteiger partial charge in [0.05, 0.1) is 11.5 Å². The first-order valence-electron chi connectivity index (χ1n) is 6.74. The average Bonchev–Trinajstić information content (AvgIpc) is 2.54. The van der Waals surface area contributed by atoms with Gasteiger partial charge in [-0.3, -0.25) is 19.7 Å². The summed E-state index contributed by atoms with van der Waals surface area (Å²) in [6.07, 6.45) is 0. The molecule has 0 atom stereocenters. The monoisotopic (exact) mass is 332 g/mol. The van der Waals surface area contributed by atoms with Gasteiger partial charge in [0.1, 0.15) is 0 Å². The number of hydrogen-bond donors (Lipinski definition) is 3. The minimum Gasteiger partial charge on any atom is -0.376 e. The standard InChI is InChI=1S/C15H13FN4O4/c16-12-6-5-11(7-13(12)20(23)24)18-8-14(21)19-10-3-1-9(2-4-10)15(17)22/h1-7,18H,8H2,(H2,17,22)(H,19,21). The van der Waals surface area contributed by atoms with E-state index in [1.54, 1.807) is 0 Å². The molecule has 0 unspecified atom stereocenters. The van der Waals surface area contributed by atoms with Crippen LogP contribution in [0.5, 0.6) is 0 Å². The molecule has 2 aromatic carbocycles. The summed E-state index contributed by atoms with van der Waals surface area (Å²) >= 11 is 0. The number of rotatable bonds is 6. The summed E-state index contributed by atoms with van der Waals surface area (Å²) in [5, 5.41) is 15.9. The lowest BCUT2D eigenvalue weighted by molar-refractivity contribution is -0.387. The maximum Gasteiger partial charge on any atom is 0.306 e. The van der Waals surface area contributed by atoms with Crippen molar-refractivity contribution >= 4 is 28.9 Å². The lowest BCUT2D eigenvalue weighted by atomic mass is 10.2. The van der Waals surface area contributed by atoms with Crippen LogP contribution in [0.1, 0.15) is 10.4 Å². The third-order valence-electron chi connectivity index (χ3n) is 3.05. The Morgan fingerprint density at radius 2 is 1.75 bits per heavy atom. The Labute approximate surface area is 135 Å². The highest BCUT2D eigenvalue weighted by Gasteiger charge is 2.14. The molecule has 0 fully saturated rings. The number of anilines is 2. The number of benzene rings is 2. The zero-order valence-electron chi connectivity index (χ0n) is 12.3. The van der Waals surface area contributed by atoms with Crippen molar-refractivity contribution in [2.24, 2.45) is 5.73 Å². The molecule has 0 aliphatic heterocycles. The molecule has 2 rings (SSSR count). The number of carbonyl (C=O) groups is 2. The van der Waals surface area contributed by atoms with E-state index >= 15 is 0 Å². The maximum absolute atomic E-state index is 13.2. The Morgan fingerprint density at radius 1 is 1.12 bits per heavy atom.